The van der Waals surface area contributed by atoms with Crippen LogP contribution in [0.2, 0.25) is 0 Å². The van der Waals surface area contributed by atoms with Gasteiger partial charge in [0.15, 0.2) is 11.9 Å². The van der Waals surface area contributed by atoms with Gasteiger partial charge in [-0.15, -0.1) is 0 Å². The van der Waals surface area contributed by atoms with E-state index in [1.165, 1.54) is 13.0 Å². The first-order valence-electron chi connectivity index (χ1n) is 6.33. The summed E-state index contributed by atoms with van der Waals surface area (Å²) in [7, 11) is 0. The number of ketones is 1. The Bertz CT molecular complexity index is 541. The molecule has 0 aromatic heterocycles. The average Bonchev–Trinajstić information content (AvgIpc) is 3.27. The first kappa shape index (κ1) is 14.2. The van der Waals surface area contributed by atoms with Crippen LogP contribution < -0.4 is 0 Å². The zero-order chi connectivity index (χ0) is 14.5. The molecule has 1 saturated heterocycles. The minimum Gasteiger partial charge on any atom is -0.448 e. The highest BCUT2D eigenvalue weighted by molar-refractivity contribution is 5.99. The van der Waals surface area contributed by atoms with E-state index in [2.05, 4.69) is 6.58 Å². The second kappa shape index (κ2) is 6.30. The quantitative estimate of drug-likeness (QED) is 0.452. The molecular formula is C16H16O4. The van der Waals surface area contributed by atoms with Gasteiger partial charge in [0.2, 0.25) is 0 Å². The second-order valence-corrected chi connectivity index (χ2v) is 4.62. The van der Waals surface area contributed by atoms with Gasteiger partial charge in [0.05, 0.1) is 6.61 Å². The molecule has 0 radical (unpaired) electrons. The topological polar surface area (TPSA) is 55.9 Å². The maximum atomic E-state index is 12.1. The molecule has 4 heteroatoms. The van der Waals surface area contributed by atoms with Gasteiger partial charge in [-0.25, -0.2) is 4.79 Å². The van der Waals surface area contributed by atoms with E-state index in [0.29, 0.717) is 6.61 Å². The number of rotatable bonds is 6. The number of epoxide rings is 1. The predicted molar refractivity (Wildman–Crippen MR) is 74.9 cm³/mol. The highest BCUT2D eigenvalue weighted by atomic mass is 16.6. The Balaban J connectivity index is 2.02. The van der Waals surface area contributed by atoms with Crippen molar-refractivity contribution in [2.45, 2.75) is 19.1 Å². The molecule has 1 aliphatic rings. The third kappa shape index (κ3) is 3.90. The summed E-state index contributed by atoms with van der Waals surface area (Å²) in [5.74, 6) is -0.863. The second-order valence-electron chi connectivity index (χ2n) is 4.62. The maximum Gasteiger partial charge on any atom is 0.333 e. The molecule has 2 rings (SSSR count). The lowest BCUT2D eigenvalue weighted by atomic mass is 10.1. The average molecular weight is 272 g/mol. The molecule has 4 nitrogen and oxygen atoms in total. The van der Waals surface area contributed by atoms with E-state index in [9.17, 15) is 9.59 Å². The molecule has 1 fully saturated rings. The molecule has 104 valence electrons. The van der Waals surface area contributed by atoms with Crippen molar-refractivity contribution in [2.24, 2.45) is 0 Å². The number of carbonyl (C=O) groups excluding carboxylic acids is 2. The van der Waals surface area contributed by atoms with Crippen LogP contribution in [0.25, 0.3) is 6.08 Å². The molecule has 0 spiro atoms. The molecule has 1 aromatic rings. The Labute approximate surface area is 117 Å². The van der Waals surface area contributed by atoms with Crippen molar-refractivity contribution >= 4 is 17.8 Å². The lowest BCUT2D eigenvalue weighted by Crippen LogP contribution is -2.31. The minimum atomic E-state index is -0.890. The number of esters is 1. The van der Waals surface area contributed by atoms with E-state index in [1.54, 1.807) is 6.08 Å². The van der Waals surface area contributed by atoms with Gasteiger partial charge in [-0.2, -0.15) is 0 Å². The van der Waals surface area contributed by atoms with Crippen LogP contribution in [0.15, 0.2) is 48.6 Å². The van der Waals surface area contributed by atoms with Crippen LogP contribution in [0.4, 0.5) is 0 Å². The van der Waals surface area contributed by atoms with E-state index in [0.717, 1.165) is 5.56 Å². The standard InChI is InChI=1S/C16H16O4/c1-11(2)16(18)20-15(14-10-19-14)13(17)9-8-12-6-4-3-5-7-12/h3-9,14-15H,1,10H2,2H3. The molecule has 0 bridgehead atoms. The molecule has 1 aromatic carbocycles. The number of ether oxygens (including phenoxy) is 2. The van der Waals surface area contributed by atoms with E-state index < -0.39 is 12.1 Å². The van der Waals surface area contributed by atoms with Crippen LogP contribution in [-0.4, -0.2) is 30.6 Å². The Hall–Kier alpha value is -2.20. The van der Waals surface area contributed by atoms with Gasteiger partial charge in [0.1, 0.15) is 6.10 Å². The molecule has 2 unspecified atom stereocenters. The highest BCUT2D eigenvalue weighted by Crippen LogP contribution is 2.20. The Morgan fingerprint density at radius 1 is 1.40 bits per heavy atom. The number of benzene rings is 1. The summed E-state index contributed by atoms with van der Waals surface area (Å²) in [5.41, 5.74) is 1.16. The summed E-state index contributed by atoms with van der Waals surface area (Å²) in [6.45, 7) is 5.46. The predicted octanol–water partition coefficient (Wildman–Crippen LogP) is 2.16. The highest BCUT2D eigenvalue weighted by Gasteiger charge is 2.39. The zero-order valence-electron chi connectivity index (χ0n) is 11.2. The molecule has 0 amide bonds. The lowest BCUT2D eigenvalue weighted by Gasteiger charge is -2.12. The smallest absolute Gasteiger partial charge is 0.333 e. The molecule has 1 aliphatic heterocycles. The fourth-order valence-electron chi connectivity index (χ4n) is 1.60. The Morgan fingerprint density at radius 2 is 2.05 bits per heavy atom. The normalized spacial score (nSPS) is 18.6. The van der Waals surface area contributed by atoms with Crippen molar-refractivity contribution in [1.82, 2.24) is 0 Å². The van der Waals surface area contributed by atoms with E-state index in [-0.39, 0.29) is 17.5 Å². The SMILES string of the molecule is C=C(C)C(=O)OC(C(=O)C=Cc1ccccc1)C1CO1. The van der Waals surface area contributed by atoms with Crippen LogP contribution in [0.5, 0.6) is 0 Å². The summed E-state index contributed by atoms with van der Waals surface area (Å²) in [4.78, 5) is 23.6. The molecule has 0 saturated carbocycles. The summed E-state index contributed by atoms with van der Waals surface area (Å²) in [6, 6.07) is 9.42. The molecule has 0 N–H and O–H groups in total. The number of carbonyl (C=O) groups is 2. The minimum absolute atomic E-state index is 0.260. The van der Waals surface area contributed by atoms with Crippen LogP contribution in [0, 0.1) is 0 Å². The zero-order valence-corrected chi connectivity index (χ0v) is 11.2. The van der Waals surface area contributed by atoms with E-state index in [4.69, 9.17) is 9.47 Å². The first-order chi connectivity index (χ1) is 9.58. The monoisotopic (exact) mass is 272 g/mol. The van der Waals surface area contributed by atoms with Crippen molar-refractivity contribution < 1.29 is 19.1 Å². The van der Waals surface area contributed by atoms with Crippen LogP contribution in [0.3, 0.4) is 0 Å². The van der Waals surface area contributed by atoms with Crippen molar-refractivity contribution in [3.05, 3.63) is 54.1 Å². The van der Waals surface area contributed by atoms with Gasteiger partial charge in [-0.1, -0.05) is 43.0 Å². The third-order valence-corrected chi connectivity index (χ3v) is 2.80. The van der Waals surface area contributed by atoms with Gasteiger partial charge in [0, 0.05) is 5.57 Å². The van der Waals surface area contributed by atoms with Crippen molar-refractivity contribution in [2.75, 3.05) is 6.61 Å². The van der Waals surface area contributed by atoms with Crippen LogP contribution >= 0.6 is 0 Å². The largest absolute Gasteiger partial charge is 0.448 e. The van der Waals surface area contributed by atoms with E-state index in [1.807, 2.05) is 30.3 Å². The fraction of sp³-hybridized carbons (Fsp3) is 0.250. The van der Waals surface area contributed by atoms with Gasteiger partial charge in [-0.05, 0) is 18.6 Å². The number of hydrogen-bond donors (Lipinski definition) is 0. The molecule has 2 atom stereocenters. The van der Waals surface area contributed by atoms with Gasteiger partial charge in [-0.3, -0.25) is 4.79 Å². The molecular weight excluding hydrogens is 256 g/mol. The summed E-state index contributed by atoms with van der Waals surface area (Å²) in [6.07, 6.45) is 1.87. The maximum absolute atomic E-state index is 12.1. The Morgan fingerprint density at radius 3 is 2.60 bits per heavy atom. The summed E-state index contributed by atoms with van der Waals surface area (Å²) < 4.78 is 10.2. The van der Waals surface area contributed by atoms with Crippen molar-refractivity contribution in [3.63, 3.8) is 0 Å². The fourth-order valence-corrected chi connectivity index (χ4v) is 1.60. The van der Waals surface area contributed by atoms with Gasteiger partial charge < -0.3 is 9.47 Å². The molecule has 0 aliphatic carbocycles. The molecule has 1 heterocycles. The van der Waals surface area contributed by atoms with Gasteiger partial charge >= 0.3 is 5.97 Å². The van der Waals surface area contributed by atoms with Crippen molar-refractivity contribution in [3.8, 4) is 0 Å². The number of hydrogen-bond acceptors (Lipinski definition) is 4. The first-order valence-corrected chi connectivity index (χ1v) is 6.33. The third-order valence-electron chi connectivity index (χ3n) is 2.80. The lowest BCUT2D eigenvalue weighted by molar-refractivity contribution is -0.150. The molecule has 20 heavy (non-hydrogen) atoms. The van der Waals surface area contributed by atoms with Crippen LogP contribution in [-0.2, 0) is 19.1 Å². The van der Waals surface area contributed by atoms with Crippen molar-refractivity contribution in [1.29, 1.82) is 0 Å². The Kier molecular flexibility index (Phi) is 4.48. The summed E-state index contributed by atoms with van der Waals surface area (Å²) in [5, 5.41) is 0. The van der Waals surface area contributed by atoms with E-state index >= 15 is 0 Å². The van der Waals surface area contributed by atoms with Gasteiger partial charge in [0.25, 0.3) is 0 Å². The summed E-state index contributed by atoms with van der Waals surface area (Å²) >= 11 is 0. The van der Waals surface area contributed by atoms with Crippen LogP contribution in [0.1, 0.15) is 12.5 Å².